The van der Waals surface area contributed by atoms with Crippen LogP contribution in [0.2, 0.25) is 34.8 Å². The number of carbonyl (C=O) groups is 1. The average Bonchev–Trinajstić information content (AvgIpc) is 2.75. The van der Waals surface area contributed by atoms with E-state index in [1.165, 1.54) is 7.11 Å². The van der Waals surface area contributed by atoms with Crippen molar-refractivity contribution >= 4 is 22.6 Å². The van der Waals surface area contributed by atoms with Crippen molar-refractivity contribution < 1.29 is 18.4 Å². The number of esters is 1. The second-order valence-electron chi connectivity index (χ2n) is 11.5. The molecule has 0 saturated carbocycles. The first kappa shape index (κ1) is 28.0. The molecule has 0 aromatic rings. The Labute approximate surface area is 194 Å². The summed E-state index contributed by atoms with van der Waals surface area (Å²) >= 11 is 0. The average molecular weight is 469 g/mol. The lowest BCUT2D eigenvalue weighted by Gasteiger charge is -2.43. The van der Waals surface area contributed by atoms with Crippen LogP contribution in [0, 0.1) is 5.92 Å². The summed E-state index contributed by atoms with van der Waals surface area (Å²) in [5.41, 5.74) is 2.16. The predicted octanol–water partition coefficient (Wildman–Crippen LogP) is 7.94. The van der Waals surface area contributed by atoms with Crippen molar-refractivity contribution in [1.29, 1.82) is 0 Å². The SMILES string of the molecule is COC(=O)C1=C(O[Si](C)(C)C(C)(C)C)CCC(O[Si](C(C)C)(C(C)C)C(C)C)=C[C@@H]1C. The number of allylic oxidation sites excluding steroid dienone is 3. The third-order valence-electron chi connectivity index (χ3n) is 7.39. The molecule has 0 fully saturated rings. The summed E-state index contributed by atoms with van der Waals surface area (Å²) in [6.45, 7) is 27.0. The van der Waals surface area contributed by atoms with E-state index in [1.54, 1.807) is 0 Å². The zero-order valence-corrected chi connectivity index (χ0v) is 24.4. The molecule has 0 saturated heterocycles. The molecule has 0 bridgehead atoms. The zero-order chi connectivity index (χ0) is 24.4. The second-order valence-corrected chi connectivity index (χ2v) is 21.6. The van der Waals surface area contributed by atoms with Gasteiger partial charge in [0.05, 0.1) is 24.2 Å². The van der Waals surface area contributed by atoms with Crippen molar-refractivity contribution in [3.63, 3.8) is 0 Å². The first-order chi connectivity index (χ1) is 14.0. The zero-order valence-electron chi connectivity index (χ0n) is 22.4. The first-order valence-corrected chi connectivity index (χ1v) is 17.0. The number of rotatable bonds is 8. The number of hydrogen-bond acceptors (Lipinski definition) is 4. The maximum atomic E-state index is 12.8. The van der Waals surface area contributed by atoms with Gasteiger partial charge in [0.2, 0.25) is 8.32 Å². The predicted molar refractivity (Wildman–Crippen MR) is 136 cm³/mol. The molecule has 0 N–H and O–H groups in total. The van der Waals surface area contributed by atoms with Gasteiger partial charge in [-0.05, 0) is 40.8 Å². The van der Waals surface area contributed by atoms with Crippen molar-refractivity contribution in [3.8, 4) is 0 Å². The summed E-state index contributed by atoms with van der Waals surface area (Å²) in [6.07, 6.45) is 3.57. The van der Waals surface area contributed by atoms with E-state index >= 15 is 0 Å². The van der Waals surface area contributed by atoms with Crippen molar-refractivity contribution in [3.05, 3.63) is 23.2 Å². The van der Waals surface area contributed by atoms with E-state index < -0.39 is 16.6 Å². The van der Waals surface area contributed by atoms with Crippen LogP contribution in [-0.4, -0.2) is 29.7 Å². The minimum Gasteiger partial charge on any atom is -0.546 e. The topological polar surface area (TPSA) is 44.8 Å². The Morgan fingerprint density at radius 3 is 1.84 bits per heavy atom. The lowest BCUT2D eigenvalue weighted by molar-refractivity contribution is -0.136. The molecule has 0 amide bonds. The van der Waals surface area contributed by atoms with Gasteiger partial charge in [0.1, 0.15) is 0 Å². The van der Waals surface area contributed by atoms with Crippen LogP contribution in [0.1, 0.15) is 82.1 Å². The molecule has 31 heavy (non-hydrogen) atoms. The minimum atomic E-state index is -2.09. The van der Waals surface area contributed by atoms with Gasteiger partial charge in [0, 0.05) is 18.8 Å². The molecule has 180 valence electrons. The molecule has 6 heteroatoms. The Bertz CT molecular complexity index is 675. The highest BCUT2D eigenvalue weighted by molar-refractivity contribution is 6.78. The summed E-state index contributed by atoms with van der Waals surface area (Å²) in [5, 5.41) is 0.0541. The van der Waals surface area contributed by atoms with Crippen LogP contribution >= 0.6 is 0 Å². The fourth-order valence-corrected chi connectivity index (χ4v) is 11.2. The van der Waals surface area contributed by atoms with Crippen LogP contribution in [0.5, 0.6) is 0 Å². The van der Waals surface area contributed by atoms with Gasteiger partial charge in [-0.1, -0.05) is 69.2 Å². The molecular weight excluding hydrogens is 420 g/mol. The minimum absolute atomic E-state index is 0.0541. The van der Waals surface area contributed by atoms with Gasteiger partial charge >= 0.3 is 5.97 Å². The van der Waals surface area contributed by atoms with Crippen LogP contribution in [0.3, 0.4) is 0 Å². The number of carbonyl (C=O) groups excluding carboxylic acids is 1. The molecule has 4 nitrogen and oxygen atoms in total. The molecular formula is C25H48O4Si2. The third kappa shape index (κ3) is 6.07. The summed E-state index contributed by atoms with van der Waals surface area (Å²) < 4.78 is 18.9. The number of ether oxygens (including phenoxy) is 1. The molecule has 1 aliphatic carbocycles. The first-order valence-electron chi connectivity index (χ1n) is 11.9. The monoisotopic (exact) mass is 468 g/mol. The fraction of sp³-hybridized carbons (Fsp3) is 0.800. The summed E-state index contributed by atoms with van der Waals surface area (Å²) in [4.78, 5) is 12.8. The van der Waals surface area contributed by atoms with Crippen LogP contribution in [-0.2, 0) is 18.4 Å². The Kier molecular flexibility index (Phi) is 9.29. The summed E-state index contributed by atoms with van der Waals surface area (Å²) in [7, 11) is -2.70. The van der Waals surface area contributed by atoms with E-state index in [0.717, 1.165) is 17.9 Å². The van der Waals surface area contributed by atoms with E-state index in [1.807, 2.05) is 0 Å². The molecule has 1 atom stereocenters. The quantitative estimate of drug-likeness (QED) is 0.268. The van der Waals surface area contributed by atoms with E-state index in [2.05, 4.69) is 88.4 Å². The highest BCUT2D eigenvalue weighted by atomic mass is 28.4. The lowest BCUT2D eigenvalue weighted by atomic mass is 10.0. The normalized spacial score (nSPS) is 19.0. The Morgan fingerprint density at radius 1 is 0.968 bits per heavy atom. The highest BCUT2D eigenvalue weighted by Gasteiger charge is 2.48. The van der Waals surface area contributed by atoms with Crippen LogP contribution in [0.15, 0.2) is 23.2 Å². The largest absolute Gasteiger partial charge is 0.546 e. The van der Waals surface area contributed by atoms with E-state index in [0.29, 0.717) is 28.6 Å². The van der Waals surface area contributed by atoms with Crippen molar-refractivity contribution in [2.45, 2.75) is 117 Å². The van der Waals surface area contributed by atoms with Crippen molar-refractivity contribution in [1.82, 2.24) is 0 Å². The van der Waals surface area contributed by atoms with Gasteiger partial charge < -0.3 is 13.6 Å². The molecule has 0 spiro atoms. The maximum absolute atomic E-state index is 12.8. The molecule has 0 radical (unpaired) electrons. The van der Waals surface area contributed by atoms with E-state index in [-0.39, 0.29) is 16.9 Å². The van der Waals surface area contributed by atoms with Gasteiger partial charge in [-0.15, -0.1) is 0 Å². The smallest absolute Gasteiger partial charge is 0.337 e. The molecule has 0 heterocycles. The lowest BCUT2D eigenvalue weighted by Crippen LogP contribution is -2.47. The molecule has 0 aromatic heterocycles. The Balaban J connectivity index is 3.39. The van der Waals surface area contributed by atoms with Crippen molar-refractivity contribution in [2.75, 3.05) is 7.11 Å². The van der Waals surface area contributed by atoms with Gasteiger partial charge in [-0.3, -0.25) is 0 Å². The van der Waals surface area contributed by atoms with Crippen LogP contribution in [0.4, 0.5) is 0 Å². The van der Waals surface area contributed by atoms with Gasteiger partial charge in [-0.25, -0.2) is 4.79 Å². The molecule has 0 unspecified atom stereocenters. The molecule has 1 rings (SSSR count). The Morgan fingerprint density at radius 2 is 1.45 bits per heavy atom. The standard InChI is InChI=1S/C25H48O4Si2/c1-17(2)31(18(3)4,19(5)6)28-21-14-15-22(29-30(12,13)25(8,9)10)23(20(7)16-21)24(26)27-11/h16-20H,14-15H2,1-13H3/t20-/m0/s1. The summed E-state index contributed by atoms with van der Waals surface area (Å²) in [5.74, 6) is 1.42. The second kappa shape index (κ2) is 10.3. The van der Waals surface area contributed by atoms with E-state index in [9.17, 15) is 4.79 Å². The van der Waals surface area contributed by atoms with E-state index in [4.69, 9.17) is 13.6 Å². The van der Waals surface area contributed by atoms with Gasteiger partial charge in [-0.2, -0.15) is 0 Å². The highest BCUT2D eigenvalue weighted by Crippen LogP contribution is 2.46. The molecule has 0 aliphatic heterocycles. The van der Waals surface area contributed by atoms with Crippen LogP contribution < -0.4 is 0 Å². The maximum Gasteiger partial charge on any atom is 0.337 e. The van der Waals surface area contributed by atoms with Gasteiger partial charge in [0.25, 0.3) is 8.32 Å². The van der Waals surface area contributed by atoms with Crippen LogP contribution in [0.25, 0.3) is 0 Å². The number of methoxy groups -OCH3 is 1. The van der Waals surface area contributed by atoms with Gasteiger partial charge in [0.15, 0.2) is 0 Å². The fourth-order valence-electron chi connectivity index (χ4n) is 4.71. The third-order valence-corrected chi connectivity index (χ3v) is 17.8. The van der Waals surface area contributed by atoms with Crippen molar-refractivity contribution in [2.24, 2.45) is 5.92 Å². The molecule has 0 aromatic carbocycles. The number of hydrogen-bond donors (Lipinski definition) is 0. The summed E-state index contributed by atoms with van der Waals surface area (Å²) in [6, 6.07) is 0. The molecule has 1 aliphatic rings. The Hall–Kier alpha value is -1.02.